The van der Waals surface area contributed by atoms with Gasteiger partial charge in [0.2, 0.25) is 5.83 Å². The van der Waals surface area contributed by atoms with Crippen molar-refractivity contribution in [2.45, 2.75) is 13.8 Å². The number of carbonyl (C=O) groups excluding carboxylic acids is 1. The fourth-order valence-electron chi connectivity index (χ4n) is 1.07. The van der Waals surface area contributed by atoms with Crippen LogP contribution in [0.25, 0.3) is 6.08 Å². The molecule has 3 heteroatoms. The van der Waals surface area contributed by atoms with E-state index in [1.165, 1.54) is 0 Å². The standard InChI is InChI=1S/C12H13FO2/c1-3-15-12(14)11(13)8-10-6-4-9(2)5-7-10/h4-8H,3H2,1-2H3/b11-8-. The van der Waals surface area contributed by atoms with Crippen LogP contribution in [-0.2, 0) is 9.53 Å². The maximum absolute atomic E-state index is 13.2. The fourth-order valence-corrected chi connectivity index (χ4v) is 1.07. The number of carbonyl (C=O) groups is 1. The van der Waals surface area contributed by atoms with Gasteiger partial charge in [0, 0.05) is 0 Å². The monoisotopic (exact) mass is 208 g/mol. The smallest absolute Gasteiger partial charge is 0.367 e. The minimum Gasteiger partial charge on any atom is -0.461 e. The van der Waals surface area contributed by atoms with E-state index in [-0.39, 0.29) is 6.61 Å². The zero-order chi connectivity index (χ0) is 11.3. The molecule has 1 aromatic carbocycles. The van der Waals surface area contributed by atoms with Gasteiger partial charge < -0.3 is 4.74 Å². The van der Waals surface area contributed by atoms with Crippen LogP contribution in [0.4, 0.5) is 4.39 Å². The molecule has 0 unspecified atom stereocenters. The first-order valence-corrected chi connectivity index (χ1v) is 4.74. The van der Waals surface area contributed by atoms with Crippen molar-refractivity contribution in [2.24, 2.45) is 0 Å². The van der Waals surface area contributed by atoms with E-state index < -0.39 is 11.8 Å². The maximum atomic E-state index is 13.2. The molecule has 0 saturated heterocycles. The Balaban J connectivity index is 2.78. The zero-order valence-corrected chi connectivity index (χ0v) is 8.79. The minimum atomic E-state index is -0.918. The Morgan fingerprint density at radius 3 is 2.53 bits per heavy atom. The van der Waals surface area contributed by atoms with Crippen LogP contribution in [0.15, 0.2) is 30.1 Å². The van der Waals surface area contributed by atoms with Crippen molar-refractivity contribution < 1.29 is 13.9 Å². The van der Waals surface area contributed by atoms with Crippen molar-refractivity contribution in [3.63, 3.8) is 0 Å². The first-order chi connectivity index (χ1) is 7.13. The lowest BCUT2D eigenvalue weighted by atomic mass is 10.1. The van der Waals surface area contributed by atoms with Gasteiger partial charge in [-0.05, 0) is 25.5 Å². The number of rotatable bonds is 3. The Hall–Kier alpha value is -1.64. The third-order valence-corrected chi connectivity index (χ3v) is 1.84. The second-order valence-electron chi connectivity index (χ2n) is 3.12. The molecule has 0 aliphatic carbocycles. The van der Waals surface area contributed by atoms with Crippen LogP contribution in [-0.4, -0.2) is 12.6 Å². The molecule has 0 aliphatic rings. The van der Waals surface area contributed by atoms with Gasteiger partial charge in [0.15, 0.2) is 0 Å². The van der Waals surface area contributed by atoms with Gasteiger partial charge in [0.1, 0.15) is 0 Å². The molecule has 0 fully saturated rings. The Kier molecular flexibility index (Phi) is 4.03. The molecule has 80 valence electrons. The molecule has 0 spiro atoms. The second kappa shape index (κ2) is 5.29. The van der Waals surface area contributed by atoms with Gasteiger partial charge in [-0.1, -0.05) is 29.8 Å². The molecule has 1 rings (SSSR count). The minimum absolute atomic E-state index is 0.175. The Morgan fingerprint density at radius 2 is 2.00 bits per heavy atom. The second-order valence-corrected chi connectivity index (χ2v) is 3.12. The largest absolute Gasteiger partial charge is 0.461 e. The lowest BCUT2D eigenvalue weighted by Crippen LogP contribution is -2.03. The van der Waals surface area contributed by atoms with Crippen molar-refractivity contribution in [2.75, 3.05) is 6.61 Å². The first kappa shape index (κ1) is 11.4. The Morgan fingerprint density at radius 1 is 1.40 bits per heavy atom. The summed E-state index contributed by atoms with van der Waals surface area (Å²) in [6.45, 7) is 3.75. The molecule has 15 heavy (non-hydrogen) atoms. The van der Waals surface area contributed by atoms with E-state index in [2.05, 4.69) is 4.74 Å². The first-order valence-electron chi connectivity index (χ1n) is 4.74. The molecule has 0 amide bonds. The predicted octanol–water partition coefficient (Wildman–Crippen LogP) is 2.87. The molecule has 0 heterocycles. The van der Waals surface area contributed by atoms with Gasteiger partial charge in [-0.2, -0.15) is 4.39 Å². The average molecular weight is 208 g/mol. The van der Waals surface area contributed by atoms with Crippen LogP contribution < -0.4 is 0 Å². The lowest BCUT2D eigenvalue weighted by molar-refractivity contribution is -0.140. The number of hydrogen-bond acceptors (Lipinski definition) is 2. The highest BCUT2D eigenvalue weighted by atomic mass is 19.1. The Labute approximate surface area is 88.4 Å². The number of aryl methyl sites for hydroxylation is 1. The highest BCUT2D eigenvalue weighted by molar-refractivity contribution is 5.91. The van der Waals surface area contributed by atoms with Crippen LogP contribution in [0.3, 0.4) is 0 Å². The molecule has 1 aromatic rings. The van der Waals surface area contributed by atoms with Crippen molar-refractivity contribution >= 4 is 12.0 Å². The van der Waals surface area contributed by atoms with Crippen LogP contribution >= 0.6 is 0 Å². The summed E-state index contributed by atoms with van der Waals surface area (Å²) < 4.78 is 17.7. The molecular formula is C12H13FO2. The molecule has 0 aliphatic heterocycles. The zero-order valence-electron chi connectivity index (χ0n) is 8.79. The molecule has 2 nitrogen and oxygen atoms in total. The van der Waals surface area contributed by atoms with E-state index >= 15 is 0 Å². The van der Waals surface area contributed by atoms with Crippen LogP contribution in [0, 0.1) is 6.92 Å². The van der Waals surface area contributed by atoms with Crippen molar-refractivity contribution in [1.29, 1.82) is 0 Å². The Bertz CT molecular complexity index is 366. The average Bonchev–Trinajstić information content (AvgIpc) is 2.22. The molecule has 0 saturated carbocycles. The van der Waals surface area contributed by atoms with Crippen molar-refractivity contribution in [1.82, 2.24) is 0 Å². The van der Waals surface area contributed by atoms with Gasteiger partial charge >= 0.3 is 5.97 Å². The predicted molar refractivity (Wildman–Crippen MR) is 56.9 cm³/mol. The van der Waals surface area contributed by atoms with Crippen molar-refractivity contribution in [3.8, 4) is 0 Å². The quantitative estimate of drug-likeness (QED) is 0.564. The van der Waals surface area contributed by atoms with Gasteiger partial charge in [-0.25, -0.2) is 4.79 Å². The number of hydrogen-bond donors (Lipinski definition) is 0. The lowest BCUT2D eigenvalue weighted by Gasteiger charge is -1.99. The maximum Gasteiger partial charge on any atom is 0.367 e. The van der Waals surface area contributed by atoms with Crippen LogP contribution in [0.1, 0.15) is 18.1 Å². The van der Waals surface area contributed by atoms with E-state index in [0.29, 0.717) is 5.56 Å². The van der Waals surface area contributed by atoms with Gasteiger partial charge in [-0.15, -0.1) is 0 Å². The summed E-state index contributed by atoms with van der Waals surface area (Å²) in [6.07, 6.45) is 1.16. The van der Waals surface area contributed by atoms with Gasteiger partial charge in [0.25, 0.3) is 0 Å². The molecular weight excluding hydrogens is 195 g/mol. The number of ether oxygens (including phenoxy) is 1. The van der Waals surface area contributed by atoms with Gasteiger partial charge in [-0.3, -0.25) is 0 Å². The van der Waals surface area contributed by atoms with E-state index in [4.69, 9.17) is 0 Å². The van der Waals surface area contributed by atoms with Gasteiger partial charge in [0.05, 0.1) is 6.61 Å². The summed E-state index contributed by atoms with van der Waals surface area (Å²) in [4.78, 5) is 10.9. The van der Waals surface area contributed by atoms with E-state index in [1.54, 1.807) is 19.1 Å². The highest BCUT2D eigenvalue weighted by Gasteiger charge is 2.08. The number of halogens is 1. The molecule has 0 radical (unpaired) electrons. The molecule has 0 N–H and O–H groups in total. The van der Waals surface area contributed by atoms with Crippen LogP contribution in [0.5, 0.6) is 0 Å². The fraction of sp³-hybridized carbons (Fsp3) is 0.250. The SMILES string of the molecule is CCOC(=O)/C(F)=C/c1ccc(C)cc1. The normalized spacial score (nSPS) is 11.3. The molecule has 0 aromatic heterocycles. The summed E-state index contributed by atoms with van der Waals surface area (Å²) in [7, 11) is 0. The summed E-state index contributed by atoms with van der Waals surface area (Å²) in [6, 6.07) is 7.19. The van der Waals surface area contributed by atoms with Crippen molar-refractivity contribution in [3.05, 3.63) is 41.2 Å². The highest BCUT2D eigenvalue weighted by Crippen LogP contribution is 2.10. The number of benzene rings is 1. The number of esters is 1. The molecule has 0 bridgehead atoms. The van der Waals surface area contributed by atoms with Crippen LogP contribution in [0.2, 0.25) is 0 Å². The summed E-state index contributed by atoms with van der Waals surface area (Å²) in [5.74, 6) is -1.79. The third kappa shape index (κ3) is 3.54. The van der Waals surface area contributed by atoms with E-state index in [1.807, 2.05) is 19.1 Å². The summed E-state index contributed by atoms with van der Waals surface area (Å²) in [5, 5.41) is 0. The molecule has 0 atom stereocenters. The van der Waals surface area contributed by atoms with E-state index in [9.17, 15) is 9.18 Å². The topological polar surface area (TPSA) is 26.3 Å². The summed E-state index contributed by atoms with van der Waals surface area (Å²) in [5.41, 5.74) is 1.73. The summed E-state index contributed by atoms with van der Waals surface area (Å²) >= 11 is 0. The van der Waals surface area contributed by atoms with E-state index in [0.717, 1.165) is 11.6 Å². The third-order valence-electron chi connectivity index (χ3n) is 1.84.